The molecule has 0 spiro atoms. The highest BCUT2D eigenvalue weighted by Crippen LogP contribution is 2.05. The van der Waals surface area contributed by atoms with Gasteiger partial charge in [0.25, 0.3) is 0 Å². The summed E-state index contributed by atoms with van der Waals surface area (Å²) in [6.07, 6.45) is 0.558. The largest absolute Gasteiger partial charge is 0.480 e. The Kier molecular flexibility index (Phi) is 16.0. The lowest BCUT2D eigenvalue weighted by Gasteiger charge is -2.22. The number of hydrogen-bond acceptors (Lipinski definition) is 9. The molecule has 0 saturated heterocycles. The van der Waals surface area contributed by atoms with Gasteiger partial charge in [0.2, 0.25) is 35.4 Å². The van der Waals surface area contributed by atoms with Crippen molar-refractivity contribution < 1.29 is 38.7 Å². The van der Waals surface area contributed by atoms with Crippen LogP contribution in [0.1, 0.15) is 59.8 Å². The second-order valence-corrected chi connectivity index (χ2v) is 9.29. The lowest BCUT2D eigenvalue weighted by molar-refractivity contribution is -0.141. The van der Waals surface area contributed by atoms with Crippen molar-refractivity contribution in [3.8, 4) is 0 Å². The average molecular weight is 559 g/mol. The van der Waals surface area contributed by atoms with E-state index < -0.39 is 71.8 Å². The zero-order valence-electron chi connectivity index (χ0n) is 22.7. The minimum atomic E-state index is -1.26. The van der Waals surface area contributed by atoms with Crippen molar-refractivity contribution in [3.05, 3.63) is 0 Å². The molecule has 6 amide bonds. The third kappa shape index (κ3) is 14.7. The van der Waals surface area contributed by atoms with Gasteiger partial charge in [-0.15, -0.1) is 0 Å². The third-order valence-electron chi connectivity index (χ3n) is 5.50. The Balaban J connectivity index is 5.23. The summed E-state index contributed by atoms with van der Waals surface area (Å²) < 4.78 is 0. The van der Waals surface area contributed by atoms with Crippen LogP contribution in [0.15, 0.2) is 0 Å². The van der Waals surface area contributed by atoms with Gasteiger partial charge in [0.1, 0.15) is 24.2 Å². The van der Waals surface area contributed by atoms with E-state index in [2.05, 4.69) is 26.6 Å². The van der Waals surface area contributed by atoms with E-state index in [9.17, 15) is 33.6 Å². The fraction of sp³-hybridized carbons (Fsp3) is 0.696. The van der Waals surface area contributed by atoms with Crippen molar-refractivity contribution >= 4 is 41.4 Å². The molecule has 0 fully saturated rings. The summed E-state index contributed by atoms with van der Waals surface area (Å²) in [5.41, 5.74) is 16.2. The van der Waals surface area contributed by atoms with Gasteiger partial charge in [-0.25, -0.2) is 0 Å². The second kappa shape index (κ2) is 17.7. The number of aliphatic carboxylic acids is 1. The van der Waals surface area contributed by atoms with Crippen LogP contribution in [0.5, 0.6) is 0 Å². The van der Waals surface area contributed by atoms with E-state index in [1.807, 2.05) is 0 Å². The number of carbonyl (C=O) groups is 7. The number of carbonyl (C=O) groups excluding carboxylic acids is 6. The van der Waals surface area contributed by atoms with Gasteiger partial charge in [0.15, 0.2) is 0 Å². The highest BCUT2D eigenvalue weighted by molar-refractivity contribution is 5.93. The minimum absolute atomic E-state index is 0.131. The number of unbranched alkanes of at least 4 members (excludes halogenated alkanes) is 1. The molecule has 0 radical (unpaired) electrons. The Labute approximate surface area is 226 Å². The fourth-order valence-electron chi connectivity index (χ4n) is 3.03. The molecular formula is C23H42N8O8. The predicted molar refractivity (Wildman–Crippen MR) is 139 cm³/mol. The van der Waals surface area contributed by atoms with Crippen LogP contribution in [-0.2, 0) is 33.6 Å². The van der Waals surface area contributed by atoms with Crippen LogP contribution in [0.3, 0.4) is 0 Å². The second-order valence-electron chi connectivity index (χ2n) is 9.29. The standard InChI is InChI=1S/C23H42N8O8/c1-11(24)19(34)27-10-6-5-7-16(22(37)28-13(3)21(36)29-14(4)23(38)39)30-17(32)9-8-15(18(26)33)31-20(35)12(2)25/h11-16H,5-10,24-25H2,1-4H3,(H2,26,33)(H,27,34)(H,28,37)(H,29,36)(H,30,32)(H,31,35)(H,38,39). The molecule has 0 saturated carbocycles. The number of carboxylic acids is 1. The lowest BCUT2D eigenvalue weighted by Crippen LogP contribution is -2.54. The number of hydrogen-bond donors (Lipinski definition) is 9. The summed E-state index contributed by atoms with van der Waals surface area (Å²) in [5.74, 6) is -5.16. The molecule has 12 N–H and O–H groups in total. The van der Waals surface area contributed by atoms with Crippen molar-refractivity contribution in [1.29, 1.82) is 0 Å². The van der Waals surface area contributed by atoms with Crippen LogP contribution in [0.2, 0.25) is 0 Å². The van der Waals surface area contributed by atoms with Crippen molar-refractivity contribution in [1.82, 2.24) is 26.6 Å². The first-order chi connectivity index (χ1) is 18.1. The van der Waals surface area contributed by atoms with Gasteiger partial charge in [0, 0.05) is 13.0 Å². The highest BCUT2D eigenvalue weighted by atomic mass is 16.4. The maximum atomic E-state index is 12.9. The van der Waals surface area contributed by atoms with E-state index in [-0.39, 0.29) is 31.7 Å². The van der Waals surface area contributed by atoms with Gasteiger partial charge in [0.05, 0.1) is 12.1 Å². The van der Waals surface area contributed by atoms with Crippen molar-refractivity contribution in [2.75, 3.05) is 6.54 Å². The number of primary amides is 1. The quantitative estimate of drug-likeness (QED) is 0.0742. The van der Waals surface area contributed by atoms with E-state index in [0.29, 0.717) is 12.8 Å². The Morgan fingerprint density at radius 3 is 1.74 bits per heavy atom. The van der Waals surface area contributed by atoms with E-state index in [1.54, 1.807) is 0 Å². The normalized spacial score (nSPS) is 15.3. The number of amides is 6. The Hall–Kier alpha value is -3.79. The van der Waals surface area contributed by atoms with Gasteiger partial charge < -0.3 is 48.9 Å². The molecule has 0 aromatic carbocycles. The van der Waals surface area contributed by atoms with Crippen molar-refractivity contribution in [3.63, 3.8) is 0 Å². The first-order valence-corrected chi connectivity index (χ1v) is 12.6. The summed E-state index contributed by atoms with van der Waals surface area (Å²) in [4.78, 5) is 83.7. The van der Waals surface area contributed by atoms with Gasteiger partial charge in [-0.05, 0) is 53.4 Å². The summed E-state index contributed by atoms with van der Waals surface area (Å²) >= 11 is 0. The molecule has 0 heterocycles. The maximum absolute atomic E-state index is 12.9. The molecule has 16 heteroatoms. The predicted octanol–water partition coefficient (Wildman–Crippen LogP) is -3.70. The molecule has 39 heavy (non-hydrogen) atoms. The highest BCUT2D eigenvalue weighted by Gasteiger charge is 2.27. The molecule has 0 aromatic rings. The van der Waals surface area contributed by atoms with Crippen molar-refractivity contribution in [2.45, 2.75) is 96.1 Å². The monoisotopic (exact) mass is 558 g/mol. The summed E-state index contributed by atoms with van der Waals surface area (Å²) in [6, 6.07) is -6.13. The zero-order valence-corrected chi connectivity index (χ0v) is 22.7. The average Bonchev–Trinajstić information content (AvgIpc) is 2.84. The van der Waals surface area contributed by atoms with E-state index in [1.165, 1.54) is 27.7 Å². The topological polar surface area (TPSA) is 278 Å². The smallest absolute Gasteiger partial charge is 0.325 e. The zero-order chi connectivity index (χ0) is 30.3. The van der Waals surface area contributed by atoms with Crippen LogP contribution in [-0.4, -0.2) is 89.3 Å². The van der Waals surface area contributed by atoms with Crippen LogP contribution < -0.4 is 43.8 Å². The number of nitrogens with two attached hydrogens (primary N) is 3. The molecular weight excluding hydrogens is 516 g/mol. The first-order valence-electron chi connectivity index (χ1n) is 12.6. The van der Waals surface area contributed by atoms with Crippen LogP contribution in [0.4, 0.5) is 0 Å². The molecule has 0 aliphatic rings. The first kappa shape index (κ1) is 35.2. The van der Waals surface area contributed by atoms with Gasteiger partial charge in [-0.2, -0.15) is 0 Å². The fourth-order valence-corrected chi connectivity index (χ4v) is 3.03. The Morgan fingerprint density at radius 2 is 1.23 bits per heavy atom. The van der Waals surface area contributed by atoms with Crippen LogP contribution in [0, 0.1) is 0 Å². The van der Waals surface area contributed by atoms with Gasteiger partial charge >= 0.3 is 5.97 Å². The van der Waals surface area contributed by atoms with E-state index in [4.69, 9.17) is 22.3 Å². The molecule has 0 aliphatic heterocycles. The number of carboxylic acid groups (broad SMARTS) is 1. The van der Waals surface area contributed by atoms with Gasteiger partial charge in [-0.1, -0.05) is 0 Å². The molecule has 0 rings (SSSR count). The van der Waals surface area contributed by atoms with Crippen LogP contribution >= 0.6 is 0 Å². The number of nitrogens with one attached hydrogen (secondary N) is 5. The SMILES string of the molecule is CC(N)C(=O)NCCCCC(NC(=O)CCC(NC(=O)C(C)N)C(N)=O)C(=O)NC(C)C(=O)NC(C)C(=O)O. The van der Waals surface area contributed by atoms with E-state index in [0.717, 1.165) is 0 Å². The molecule has 16 nitrogen and oxygen atoms in total. The minimum Gasteiger partial charge on any atom is -0.480 e. The molecule has 0 bridgehead atoms. The van der Waals surface area contributed by atoms with E-state index >= 15 is 0 Å². The summed E-state index contributed by atoms with van der Waals surface area (Å²) in [7, 11) is 0. The Morgan fingerprint density at radius 1 is 0.667 bits per heavy atom. The summed E-state index contributed by atoms with van der Waals surface area (Å²) in [5, 5.41) is 21.1. The van der Waals surface area contributed by atoms with Crippen molar-refractivity contribution in [2.24, 2.45) is 17.2 Å². The third-order valence-corrected chi connectivity index (χ3v) is 5.50. The Bertz CT molecular complexity index is 895. The summed E-state index contributed by atoms with van der Waals surface area (Å²) in [6.45, 7) is 5.84. The lowest BCUT2D eigenvalue weighted by atomic mass is 10.1. The molecule has 0 aliphatic carbocycles. The number of rotatable bonds is 18. The van der Waals surface area contributed by atoms with Crippen LogP contribution in [0.25, 0.3) is 0 Å². The molecule has 222 valence electrons. The molecule has 0 aromatic heterocycles. The molecule has 6 unspecified atom stereocenters. The molecule has 6 atom stereocenters. The maximum Gasteiger partial charge on any atom is 0.325 e. The van der Waals surface area contributed by atoms with Gasteiger partial charge in [-0.3, -0.25) is 33.6 Å².